The van der Waals surface area contributed by atoms with Crippen molar-refractivity contribution in [2.24, 2.45) is 5.92 Å². The second kappa shape index (κ2) is 7.96. The van der Waals surface area contributed by atoms with Crippen molar-refractivity contribution >= 4 is 27.5 Å². The number of hydrogen-bond donors (Lipinski definition) is 3. The molecule has 0 bridgehead atoms. The van der Waals surface area contributed by atoms with Crippen LogP contribution in [0.25, 0.3) is 0 Å². The highest BCUT2D eigenvalue weighted by Gasteiger charge is 2.29. The fourth-order valence-electron chi connectivity index (χ4n) is 2.91. The van der Waals surface area contributed by atoms with Gasteiger partial charge in [0.1, 0.15) is 0 Å². The zero-order valence-electron chi connectivity index (χ0n) is 15.9. The van der Waals surface area contributed by atoms with E-state index in [0.29, 0.717) is 17.8 Å². The molecule has 7 nitrogen and oxygen atoms in total. The van der Waals surface area contributed by atoms with Crippen molar-refractivity contribution in [3.8, 4) is 0 Å². The summed E-state index contributed by atoms with van der Waals surface area (Å²) in [4.78, 5) is 24.4. The van der Waals surface area contributed by atoms with Crippen LogP contribution in [0, 0.1) is 5.92 Å². The van der Waals surface area contributed by atoms with Gasteiger partial charge in [-0.05, 0) is 67.6 Å². The number of carbonyl (C=O) groups excluding carboxylic acids is 2. The maximum Gasteiger partial charge on any atom is 0.251 e. The number of anilines is 1. The molecule has 2 aromatic rings. The van der Waals surface area contributed by atoms with Gasteiger partial charge in [-0.15, -0.1) is 0 Å². The zero-order chi connectivity index (χ0) is 20.4. The number of hydrogen-bond acceptors (Lipinski definition) is 4. The van der Waals surface area contributed by atoms with E-state index in [0.717, 1.165) is 31.2 Å². The van der Waals surface area contributed by atoms with Crippen molar-refractivity contribution in [1.29, 1.82) is 0 Å². The van der Waals surface area contributed by atoms with Crippen LogP contribution in [0.4, 0.5) is 5.69 Å². The zero-order valence-corrected chi connectivity index (χ0v) is 16.7. The maximum atomic E-state index is 12.4. The third kappa shape index (κ3) is 5.21. The van der Waals surface area contributed by atoms with Gasteiger partial charge < -0.3 is 10.6 Å². The first-order valence-corrected chi connectivity index (χ1v) is 11.2. The molecule has 2 aromatic carbocycles. The molecule has 0 atom stereocenters. The highest BCUT2D eigenvalue weighted by atomic mass is 32.2. The van der Waals surface area contributed by atoms with E-state index in [2.05, 4.69) is 15.4 Å². The summed E-state index contributed by atoms with van der Waals surface area (Å²) in [5, 5.41) is 5.70. The SMILES string of the molecule is O=C(NCc1cccc(NC(=O)C2CC2)c1)c1ccc(S(=O)(=O)NC2CC2)cc1. The molecule has 2 saturated carbocycles. The molecule has 2 amide bonds. The van der Waals surface area contributed by atoms with E-state index in [-0.39, 0.29) is 28.7 Å². The lowest BCUT2D eigenvalue weighted by atomic mass is 10.1. The Labute approximate surface area is 169 Å². The largest absolute Gasteiger partial charge is 0.348 e. The Hall–Kier alpha value is -2.71. The summed E-state index contributed by atoms with van der Waals surface area (Å²) in [6.45, 7) is 0.301. The molecule has 2 fully saturated rings. The molecule has 0 spiro atoms. The van der Waals surface area contributed by atoms with Gasteiger partial charge in [-0.3, -0.25) is 9.59 Å². The van der Waals surface area contributed by atoms with Gasteiger partial charge in [0.25, 0.3) is 5.91 Å². The van der Waals surface area contributed by atoms with E-state index in [9.17, 15) is 18.0 Å². The maximum absolute atomic E-state index is 12.4. The van der Waals surface area contributed by atoms with Crippen molar-refractivity contribution < 1.29 is 18.0 Å². The highest BCUT2D eigenvalue weighted by molar-refractivity contribution is 7.89. The Bertz CT molecular complexity index is 1030. The van der Waals surface area contributed by atoms with Crippen molar-refractivity contribution in [2.45, 2.75) is 43.2 Å². The summed E-state index contributed by atoms with van der Waals surface area (Å²) in [6.07, 6.45) is 3.62. The third-order valence-electron chi connectivity index (χ3n) is 4.92. The molecule has 29 heavy (non-hydrogen) atoms. The molecule has 152 valence electrons. The topological polar surface area (TPSA) is 104 Å². The van der Waals surface area contributed by atoms with Crippen molar-refractivity contribution in [2.75, 3.05) is 5.32 Å². The predicted molar refractivity (Wildman–Crippen MR) is 109 cm³/mol. The van der Waals surface area contributed by atoms with Crippen molar-refractivity contribution in [3.05, 3.63) is 59.7 Å². The fourth-order valence-corrected chi connectivity index (χ4v) is 4.21. The molecule has 2 aliphatic carbocycles. The van der Waals surface area contributed by atoms with E-state index in [1.807, 2.05) is 24.3 Å². The molecule has 0 radical (unpaired) electrons. The van der Waals surface area contributed by atoms with E-state index < -0.39 is 10.0 Å². The Morgan fingerprint density at radius 3 is 2.34 bits per heavy atom. The lowest BCUT2D eigenvalue weighted by Crippen LogP contribution is -2.26. The molecular formula is C21H23N3O4S. The van der Waals surface area contributed by atoms with Crippen LogP contribution in [0.15, 0.2) is 53.4 Å². The molecule has 0 aliphatic heterocycles. The summed E-state index contributed by atoms with van der Waals surface area (Å²) < 4.78 is 27.0. The van der Waals surface area contributed by atoms with Gasteiger partial charge in [-0.25, -0.2) is 13.1 Å². The lowest BCUT2D eigenvalue weighted by Gasteiger charge is -2.09. The molecule has 3 N–H and O–H groups in total. The number of nitrogens with one attached hydrogen (secondary N) is 3. The summed E-state index contributed by atoms with van der Waals surface area (Å²) in [6, 6.07) is 13.3. The summed E-state index contributed by atoms with van der Waals surface area (Å²) in [5.41, 5.74) is 1.96. The van der Waals surface area contributed by atoms with Crippen LogP contribution in [0.1, 0.15) is 41.6 Å². The minimum Gasteiger partial charge on any atom is -0.348 e. The molecule has 4 rings (SSSR count). The van der Waals surface area contributed by atoms with Crippen LogP contribution >= 0.6 is 0 Å². The van der Waals surface area contributed by atoms with Gasteiger partial charge >= 0.3 is 0 Å². The van der Waals surface area contributed by atoms with Crippen LogP contribution in [-0.4, -0.2) is 26.3 Å². The molecule has 0 heterocycles. The van der Waals surface area contributed by atoms with Gasteiger partial charge in [0, 0.05) is 29.8 Å². The van der Waals surface area contributed by atoms with Crippen LogP contribution in [0.3, 0.4) is 0 Å². The van der Waals surface area contributed by atoms with E-state index in [4.69, 9.17) is 0 Å². The Morgan fingerprint density at radius 2 is 1.69 bits per heavy atom. The molecular weight excluding hydrogens is 390 g/mol. The number of benzene rings is 2. The van der Waals surface area contributed by atoms with Gasteiger partial charge in [-0.2, -0.15) is 0 Å². The fraction of sp³-hybridized carbons (Fsp3) is 0.333. The molecule has 0 unspecified atom stereocenters. The van der Waals surface area contributed by atoms with Crippen molar-refractivity contribution in [1.82, 2.24) is 10.0 Å². The summed E-state index contributed by atoms with van der Waals surface area (Å²) in [5.74, 6) is -0.126. The van der Waals surface area contributed by atoms with Gasteiger partial charge in [0.2, 0.25) is 15.9 Å². The van der Waals surface area contributed by atoms with E-state index in [1.165, 1.54) is 24.3 Å². The first-order valence-electron chi connectivity index (χ1n) is 9.71. The predicted octanol–water partition coefficient (Wildman–Crippen LogP) is 2.41. The Balaban J connectivity index is 1.34. The number of carbonyl (C=O) groups is 2. The number of sulfonamides is 1. The van der Waals surface area contributed by atoms with Crippen LogP contribution < -0.4 is 15.4 Å². The van der Waals surface area contributed by atoms with Gasteiger partial charge in [0.05, 0.1) is 4.90 Å². The quantitative estimate of drug-likeness (QED) is 0.618. The molecule has 0 saturated heterocycles. The van der Waals surface area contributed by atoms with Gasteiger partial charge in [0.15, 0.2) is 0 Å². The Kier molecular flexibility index (Phi) is 5.38. The highest BCUT2D eigenvalue weighted by Crippen LogP contribution is 2.30. The third-order valence-corrected chi connectivity index (χ3v) is 6.46. The van der Waals surface area contributed by atoms with E-state index in [1.54, 1.807) is 0 Å². The second-order valence-electron chi connectivity index (χ2n) is 7.57. The van der Waals surface area contributed by atoms with Crippen LogP contribution in [0.2, 0.25) is 0 Å². The minimum absolute atomic E-state index is 0.0350. The number of amides is 2. The average Bonchev–Trinajstić information content (AvgIpc) is 3.60. The first kappa shape index (κ1) is 19.6. The monoisotopic (exact) mass is 413 g/mol. The minimum atomic E-state index is -3.53. The lowest BCUT2D eigenvalue weighted by molar-refractivity contribution is -0.117. The van der Waals surface area contributed by atoms with E-state index >= 15 is 0 Å². The van der Waals surface area contributed by atoms with Crippen LogP contribution in [-0.2, 0) is 21.4 Å². The Morgan fingerprint density at radius 1 is 0.966 bits per heavy atom. The second-order valence-corrected chi connectivity index (χ2v) is 9.28. The number of rotatable bonds is 8. The molecule has 0 aromatic heterocycles. The van der Waals surface area contributed by atoms with Gasteiger partial charge in [-0.1, -0.05) is 12.1 Å². The summed E-state index contributed by atoms with van der Waals surface area (Å²) in [7, 11) is -3.53. The standard InChI is InChI=1S/C21H23N3O4S/c25-20(15-6-10-19(11-7-15)29(27,28)24-17-8-9-17)22-13-14-2-1-3-18(12-14)23-21(26)16-4-5-16/h1-3,6-7,10-12,16-17,24H,4-5,8-9,13H2,(H,22,25)(H,23,26). The normalized spacial score (nSPS) is 16.3. The summed E-state index contributed by atoms with van der Waals surface area (Å²) >= 11 is 0. The molecule has 8 heteroatoms. The smallest absolute Gasteiger partial charge is 0.251 e. The van der Waals surface area contributed by atoms with Crippen LogP contribution in [0.5, 0.6) is 0 Å². The average molecular weight is 413 g/mol. The van der Waals surface area contributed by atoms with Crippen molar-refractivity contribution in [3.63, 3.8) is 0 Å². The first-order chi connectivity index (χ1) is 13.9. The molecule has 2 aliphatic rings.